The minimum absolute atomic E-state index is 0.0319. The van der Waals surface area contributed by atoms with Gasteiger partial charge < -0.3 is 14.7 Å². The van der Waals surface area contributed by atoms with E-state index in [-0.39, 0.29) is 24.1 Å². The summed E-state index contributed by atoms with van der Waals surface area (Å²) in [5.74, 6) is 0.376. The first-order chi connectivity index (χ1) is 15.2. The number of hydrogen-bond acceptors (Lipinski definition) is 4. The molecule has 0 bridgehead atoms. The number of rotatable bonds is 10. The molecule has 2 heterocycles. The van der Waals surface area contributed by atoms with Gasteiger partial charge in [0.15, 0.2) is 0 Å². The molecule has 32 heavy (non-hydrogen) atoms. The highest BCUT2D eigenvalue weighted by Crippen LogP contribution is 2.43. The van der Waals surface area contributed by atoms with E-state index in [9.17, 15) is 14.4 Å². The van der Waals surface area contributed by atoms with Crippen LogP contribution in [0.2, 0.25) is 0 Å². The lowest BCUT2D eigenvalue weighted by atomic mass is 9.98. The molecular weight excluding hydrogens is 404 g/mol. The molecule has 1 atom stereocenters. The molecule has 0 spiro atoms. The third kappa shape index (κ3) is 4.68. The number of hydrogen-bond donors (Lipinski definition) is 0. The van der Waals surface area contributed by atoms with Crippen LogP contribution in [0.4, 0.5) is 5.69 Å². The molecule has 7 heteroatoms. The largest absolute Gasteiger partial charge is 0.341 e. The van der Waals surface area contributed by atoms with Crippen molar-refractivity contribution < 1.29 is 14.4 Å². The smallest absolute Gasteiger partial charge is 0.257 e. The Kier molecular flexibility index (Phi) is 7.59. The molecule has 0 saturated carbocycles. The van der Waals surface area contributed by atoms with Gasteiger partial charge in [0.2, 0.25) is 11.8 Å². The standard InChI is InChI=1S/C25H38N4O3/c1-6-26(7-2)16-17-27(18-19(3)4)22(30)13-15-28-24(32)20-10-8-9-11-21(20)29-23(31)12-14-25(28,29)5/h8-11,19H,6-7,12-18H2,1-5H3. The van der Waals surface area contributed by atoms with Crippen molar-refractivity contribution >= 4 is 23.4 Å². The van der Waals surface area contributed by atoms with Gasteiger partial charge in [0, 0.05) is 39.0 Å². The second kappa shape index (κ2) is 10.0. The Morgan fingerprint density at radius 1 is 1.12 bits per heavy atom. The van der Waals surface area contributed by atoms with Gasteiger partial charge in [0.1, 0.15) is 5.66 Å². The molecule has 3 rings (SSSR count). The SMILES string of the molecule is CCN(CC)CCN(CC(C)C)C(=O)CCN1C(=O)c2ccccc2N2C(=O)CCC12C. The third-order valence-corrected chi connectivity index (χ3v) is 6.81. The number of fused-ring (bicyclic) bond motifs is 3. The van der Waals surface area contributed by atoms with Gasteiger partial charge in [-0.25, -0.2) is 0 Å². The molecule has 0 aliphatic carbocycles. The van der Waals surface area contributed by atoms with Crippen molar-refractivity contribution in [3.05, 3.63) is 29.8 Å². The van der Waals surface area contributed by atoms with Crippen molar-refractivity contribution in [1.82, 2.24) is 14.7 Å². The second-order valence-electron chi connectivity index (χ2n) is 9.43. The van der Waals surface area contributed by atoms with Gasteiger partial charge in [-0.05, 0) is 44.5 Å². The van der Waals surface area contributed by atoms with Gasteiger partial charge in [0.25, 0.3) is 5.91 Å². The highest BCUT2D eigenvalue weighted by Gasteiger charge is 2.52. The van der Waals surface area contributed by atoms with Crippen molar-refractivity contribution in [3.63, 3.8) is 0 Å². The zero-order valence-corrected chi connectivity index (χ0v) is 20.3. The highest BCUT2D eigenvalue weighted by atomic mass is 16.2. The minimum Gasteiger partial charge on any atom is -0.341 e. The fourth-order valence-electron chi connectivity index (χ4n) is 4.97. The molecule has 1 fully saturated rings. The van der Waals surface area contributed by atoms with Crippen LogP contribution >= 0.6 is 0 Å². The van der Waals surface area contributed by atoms with Crippen molar-refractivity contribution in [2.24, 2.45) is 5.92 Å². The molecule has 2 aliphatic rings. The summed E-state index contributed by atoms with van der Waals surface area (Å²) in [5.41, 5.74) is 0.506. The van der Waals surface area contributed by atoms with Crippen molar-refractivity contribution in [2.75, 3.05) is 44.2 Å². The number of nitrogens with zero attached hydrogens (tertiary/aromatic N) is 4. The maximum atomic E-state index is 13.4. The van der Waals surface area contributed by atoms with Gasteiger partial charge in [-0.1, -0.05) is 39.8 Å². The van der Waals surface area contributed by atoms with Crippen LogP contribution < -0.4 is 4.90 Å². The second-order valence-corrected chi connectivity index (χ2v) is 9.43. The molecular formula is C25H38N4O3. The summed E-state index contributed by atoms with van der Waals surface area (Å²) in [6.07, 6.45) is 1.25. The van der Waals surface area contributed by atoms with E-state index in [1.165, 1.54) is 0 Å². The average molecular weight is 443 g/mol. The van der Waals surface area contributed by atoms with Gasteiger partial charge in [-0.15, -0.1) is 0 Å². The average Bonchev–Trinajstić information content (AvgIpc) is 3.08. The lowest BCUT2D eigenvalue weighted by Gasteiger charge is -2.48. The Bertz CT molecular complexity index is 851. The molecule has 2 aliphatic heterocycles. The topological polar surface area (TPSA) is 64.2 Å². The summed E-state index contributed by atoms with van der Waals surface area (Å²) in [4.78, 5) is 47.1. The molecule has 0 N–H and O–H groups in total. The third-order valence-electron chi connectivity index (χ3n) is 6.81. The van der Waals surface area contributed by atoms with Crippen LogP contribution in [0.3, 0.4) is 0 Å². The summed E-state index contributed by atoms with van der Waals surface area (Å²) in [6, 6.07) is 7.29. The predicted molar refractivity (Wildman–Crippen MR) is 126 cm³/mol. The number of amides is 3. The van der Waals surface area contributed by atoms with E-state index in [1.807, 2.05) is 30.0 Å². The first-order valence-corrected chi connectivity index (χ1v) is 12.0. The summed E-state index contributed by atoms with van der Waals surface area (Å²) < 4.78 is 0. The molecule has 3 amide bonds. The molecule has 1 aromatic carbocycles. The molecule has 1 aromatic rings. The van der Waals surface area contributed by atoms with Crippen LogP contribution in [0.1, 0.15) is 64.2 Å². The molecule has 1 unspecified atom stereocenters. The Balaban J connectivity index is 1.76. The fourth-order valence-corrected chi connectivity index (χ4v) is 4.97. The zero-order valence-electron chi connectivity index (χ0n) is 20.3. The Hall–Kier alpha value is -2.41. The first-order valence-electron chi connectivity index (χ1n) is 12.0. The predicted octanol–water partition coefficient (Wildman–Crippen LogP) is 3.20. The summed E-state index contributed by atoms with van der Waals surface area (Å²) in [6.45, 7) is 14.9. The highest BCUT2D eigenvalue weighted by molar-refractivity contribution is 6.10. The quantitative estimate of drug-likeness (QED) is 0.558. The van der Waals surface area contributed by atoms with Crippen LogP contribution in [-0.4, -0.2) is 77.4 Å². The fraction of sp³-hybridized carbons (Fsp3) is 0.640. The maximum absolute atomic E-state index is 13.4. The molecule has 0 radical (unpaired) electrons. The van der Waals surface area contributed by atoms with E-state index < -0.39 is 5.66 Å². The van der Waals surface area contributed by atoms with Crippen LogP contribution in [0.15, 0.2) is 24.3 Å². The summed E-state index contributed by atoms with van der Waals surface area (Å²) in [7, 11) is 0. The summed E-state index contributed by atoms with van der Waals surface area (Å²) >= 11 is 0. The molecule has 0 aromatic heterocycles. The minimum atomic E-state index is -0.715. The molecule has 1 saturated heterocycles. The van der Waals surface area contributed by atoms with E-state index in [0.717, 1.165) is 19.6 Å². The normalized spacial score (nSPS) is 20.2. The van der Waals surface area contributed by atoms with E-state index in [2.05, 4.69) is 32.6 Å². The number of para-hydroxylation sites is 1. The number of carbonyl (C=O) groups excluding carboxylic acids is 3. The van der Waals surface area contributed by atoms with Crippen LogP contribution in [0.25, 0.3) is 0 Å². The first kappa shape index (κ1) is 24.2. The van der Waals surface area contributed by atoms with E-state index in [0.29, 0.717) is 49.6 Å². The van der Waals surface area contributed by atoms with Crippen LogP contribution in [-0.2, 0) is 9.59 Å². The van der Waals surface area contributed by atoms with Crippen molar-refractivity contribution in [3.8, 4) is 0 Å². The van der Waals surface area contributed by atoms with Gasteiger partial charge in [-0.3, -0.25) is 19.3 Å². The Labute approximate surface area is 192 Å². The van der Waals surface area contributed by atoms with Gasteiger partial charge >= 0.3 is 0 Å². The van der Waals surface area contributed by atoms with E-state index in [4.69, 9.17) is 0 Å². The molecule has 176 valence electrons. The lowest BCUT2D eigenvalue weighted by Crippen LogP contribution is -2.62. The number of carbonyl (C=O) groups is 3. The van der Waals surface area contributed by atoms with Gasteiger partial charge in [0.05, 0.1) is 11.3 Å². The lowest BCUT2D eigenvalue weighted by molar-refractivity contribution is -0.132. The zero-order chi connectivity index (χ0) is 23.5. The van der Waals surface area contributed by atoms with Crippen LogP contribution in [0, 0.1) is 5.92 Å². The van der Waals surface area contributed by atoms with Gasteiger partial charge in [-0.2, -0.15) is 0 Å². The Morgan fingerprint density at radius 3 is 2.47 bits per heavy atom. The van der Waals surface area contributed by atoms with Crippen molar-refractivity contribution in [2.45, 2.75) is 59.5 Å². The number of anilines is 1. The number of likely N-dealkylation sites (N-methyl/N-ethyl adjacent to an activating group) is 1. The van der Waals surface area contributed by atoms with E-state index in [1.54, 1.807) is 15.9 Å². The monoisotopic (exact) mass is 442 g/mol. The van der Waals surface area contributed by atoms with Crippen LogP contribution in [0.5, 0.6) is 0 Å². The Morgan fingerprint density at radius 2 is 1.81 bits per heavy atom. The van der Waals surface area contributed by atoms with E-state index >= 15 is 0 Å². The maximum Gasteiger partial charge on any atom is 0.257 e. The van der Waals surface area contributed by atoms with Crippen molar-refractivity contribution in [1.29, 1.82) is 0 Å². The molecule has 7 nitrogen and oxygen atoms in total. The summed E-state index contributed by atoms with van der Waals surface area (Å²) in [5, 5.41) is 0. The number of benzene rings is 1.